The quantitative estimate of drug-likeness (QED) is 0.0922. The fourth-order valence-electron chi connectivity index (χ4n) is 5.57. The van der Waals surface area contributed by atoms with Crippen LogP contribution in [0.15, 0.2) is 115 Å². The van der Waals surface area contributed by atoms with Crippen LogP contribution in [0.25, 0.3) is 33.0 Å². The average molecular weight is 573 g/mol. The fourth-order valence-corrected chi connectivity index (χ4v) is 5.57. The van der Waals surface area contributed by atoms with Crippen LogP contribution in [0, 0.1) is 5.92 Å². The first-order valence-electron chi connectivity index (χ1n) is 15.8. The highest BCUT2D eigenvalue weighted by molar-refractivity contribution is 5.84. The lowest BCUT2D eigenvalue weighted by Crippen LogP contribution is -2.26. The van der Waals surface area contributed by atoms with Crippen LogP contribution in [0.2, 0.25) is 0 Å². The highest BCUT2D eigenvalue weighted by Gasteiger charge is 2.18. The first-order chi connectivity index (χ1) is 21.1. The molecule has 3 nitrogen and oxygen atoms in total. The highest BCUT2D eigenvalue weighted by Crippen LogP contribution is 2.39. The predicted molar refractivity (Wildman–Crippen MR) is 180 cm³/mol. The first-order valence-corrected chi connectivity index (χ1v) is 15.8. The summed E-state index contributed by atoms with van der Waals surface area (Å²) < 4.78 is 19.4. The van der Waals surface area contributed by atoms with Gasteiger partial charge in [0.15, 0.2) is 6.29 Å². The van der Waals surface area contributed by atoms with Crippen LogP contribution in [0.3, 0.4) is 0 Å². The van der Waals surface area contributed by atoms with E-state index in [1.165, 1.54) is 35.6 Å². The summed E-state index contributed by atoms with van der Waals surface area (Å²) in [4.78, 5) is 0. The summed E-state index contributed by atoms with van der Waals surface area (Å²) in [7, 11) is 0. The van der Waals surface area contributed by atoms with E-state index in [-0.39, 0.29) is 6.29 Å². The summed E-state index contributed by atoms with van der Waals surface area (Å²) >= 11 is 0. The molecule has 0 radical (unpaired) electrons. The number of hydrogen-bond acceptors (Lipinski definition) is 3. The Hall–Kier alpha value is -4.08. The van der Waals surface area contributed by atoms with Gasteiger partial charge in [-0.25, -0.2) is 0 Å². The monoisotopic (exact) mass is 572 g/mol. The van der Waals surface area contributed by atoms with E-state index in [1.807, 2.05) is 12.1 Å². The van der Waals surface area contributed by atoms with Crippen molar-refractivity contribution in [2.24, 2.45) is 5.92 Å². The normalized spacial score (nSPS) is 12.6. The van der Waals surface area contributed by atoms with Gasteiger partial charge in [0.25, 0.3) is 0 Å². The smallest absolute Gasteiger partial charge is 0.200 e. The molecule has 0 saturated heterocycles. The molecule has 222 valence electrons. The largest absolute Gasteiger partial charge is 0.490 e. The molecule has 0 aliphatic heterocycles. The first kappa shape index (κ1) is 30.4. The topological polar surface area (TPSA) is 27.7 Å². The SMILES string of the molecule is CCCCC(C)CC(OCCOc1c(-c2ccccc2)cccc1-c1ccccc1)Oc1ccc2cc(CC)ccc2c1. The van der Waals surface area contributed by atoms with Crippen LogP contribution in [0.5, 0.6) is 11.5 Å². The molecular formula is C40H44O3. The van der Waals surface area contributed by atoms with Gasteiger partial charge >= 0.3 is 0 Å². The molecule has 0 saturated carbocycles. The molecule has 2 atom stereocenters. The zero-order valence-corrected chi connectivity index (χ0v) is 25.8. The van der Waals surface area contributed by atoms with Crippen molar-refractivity contribution < 1.29 is 14.2 Å². The van der Waals surface area contributed by atoms with E-state index in [0.29, 0.717) is 19.1 Å². The summed E-state index contributed by atoms with van der Waals surface area (Å²) in [5, 5.41) is 2.42. The zero-order valence-electron chi connectivity index (χ0n) is 25.8. The van der Waals surface area contributed by atoms with Crippen molar-refractivity contribution in [1.29, 1.82) is 0 Å². The maximum atomic E-state index is 6.55. The van der Waals surface area contributed by atoms with Crippen LogP contribution in [0.4, 0.5) is 0 Å². The maximum absolute atomic E-state index is 6.55. The molecule has 0 fully saturated rings. The summed E-state index contributed by atoms with van der Waals surface area (Å²) in [5.41, 5.74) is 5.75. The Morgan fingerprint density at radius 1 is 0.651 bits per heavy atom. The summed E-state index contributed by atoms with van der Waals surface area (Å²) in [6.07, 6.45) is 5.09. The molecule has 5 rings (SSSR count). The minimum absolute atomic E-state index is 0.346. The molecule has 5 aromatic carbocycles. The lowest BCUT2D eigenvalue weighted by molar-refractivity contribution is -0.0979. The molecule has 0 spiro atoms. The molecule has 0 amide bonds. The molecule has 5 aromatic rings. The molecule has 0 heterocycles. The molecule has 43 heavy (non-hydrogen) atoms. The number of hydrogen-bond donors (Lipinski definition) is 0. The standard InChI is InChI=1S/C40H44O3/c1-4-6-14-30(3)27-39(43-36-24-23-34-28-31(5-2)21-22-35(34)29-36)41-25-26-42-40-37(32-15-9-7-10-16-32)19-13-20-38(40)33-17-11-8-12-18-33/h7-13,15-24,28-30,39H,4-6,14,25-27H2,1-3H3. The van der Waals surface area contributed by atoms with Crippen LogP contribution in [0.1, 0.15) is 52.0 Å². The van der Waals surface area contributed by atoms with E-state index in [1.54, 1.807) is 0 Å². The lowest BCUT2D eigenvalue weighted by Gasteiger charge is -2.23. The minimum Gasteiger partial charge on any atom is -0.490 e. The van der Waals surface area contributed by atoms with Crippen LogP contribution in [-0.2, 0) is 11.2 Å². The summed E-state index contributed by atoms with van der Waals surface area (Å²) in [6.45, 7) is 7.57. The number of ether oxygens (including phenoxy) is 3. The average Bonchev–Trinajstić information content (AvgIpc) is 3.06. The van der Waals surface area contributed by atoms with E-state index in [0.717, 1.165) is 46.6 Å². The zero-order chi connectivity index (χ0) is 29.9. The maximum Gasteiger partial charge on any atom is 0.200 e. The van der Waals surface area contributed by atoms with Crippen molar-refractivity contribution in [3.8, 4) is 33.8 Å². The molecule has 0 aromatic heterocycles. The minimum atomic E-state index is -0.346. The molecular weight excluding hydrogens is 528 g/mol. The van der Waals surface area contributed by atoms with Gasteiger partial charge in [-0.15, -0.1) is 0 Å². The van der Waals surface area contributed by atoms with Crippen molar-refractivity contribution in [1.82, 2.24) is 0 Å². The third-order valence-electron chi connectivity index (χ3n) is 8.02. The Bertz CT molecular complexity index is 1500. The van der Waals surface area contributed by atoms with Crippen LogP contribution in [-0.4, -0.2) is 19.5 Å². The number of aryl methyl sites for hydroxylation is 1. The van der Waals surface area contributed by atoms with Crippen LogP contribution < -0.4 is 9.47 Å². The van der Waals surface area contributed by atoms with E-state index in [2.05, 4.69) is 124 Å². The van der Waals surface area contributed by atoms with Gasteiger partial charge < -0.3 is 14.2 Å². The Balaban J connectivity index is 1.31. The van der Waals surface area contributed by atoms with E-state index >= 15 is 0 Å². The molecule has 2 unspecified atom stereocenters. The Kier molecular flexibility index (Phi) is 10.9. The second-order valence-electron chi connectivity index (χ2n) is 11.4. The second kappa shape index (κ2) is 15.4. The van der Waals surface area contributed by atoms with Gasteiger partial charge in [-0.2, -0.15) is 0 Å². The van der Waals surface area contributed by atoms with Gasteiger partial charge in [-0.1, -0.05) is 143 Å². The third kappa shape index (κ3) is 8.27. The Labute approximate surface area is 257 Å². The van der Waals surface area contributed by atoms with Gasteiger partial charge in [0.2, 0.25) is 0 Å². The molecule has 0 aliphatic carbocycles. The van der Waals surface area contributed by atoms with Gasteiger partial charge in [0, 0.05) is 17.5 Å². The summed E-state index contributed by atoms with van der Waals surface area (Å²) in [5.74, 6) is 2.21. The van der Waals surface area contributed by atoms with Crippen molar-refractivity contribution in [2.75, 3.05) is 13.2 Å². The predicted octanol–water partition coefficient (Wildman–Crippen LogP) is 10.8. The molecule has 0 N–H and O–H groups in total. The second-order valence-corrected chi connectivity index (χ2v) is 11.4. The van der Waals surface area contributed by atoms with Gasteiger partial charge in [-0.3, -0.25) is 0 Å². The lowest BCUT2D eigenvalue weighted by atomic mass is 9.97. The van der Waals surface area contributed by atoms with Crippen molar-refractivity contribution in [2.45, 2.75) is 59.2 Å². The van der Waals surface area contributed by atoms with Gasteiger partial charge in [0.1, 0.15) is 18.1 Å². The molecule has 0 bridgehead atoms. The van der Waals surface area contributed by atoms with Crippen LogP contribution >= 0.6 is 0 Å². The van der Waals surface area contributed by atoms with Gasteiger partial charge in [0.05, 0.1) is 6.61 Å². The number of unbranched alkanes of at least 4 members (excludes halogenated alkanes) is 1. The Morgan fingerprint density at radius 2 is 1.30 bits per heavy atom. The number of benzene rings is 5. The molecule has 3 heteroatoms. The van der Waals surface area contributed by atoms with Crippen molar-refractivity contribution in [3.63, 3.8) is 0 Å². The van der Waals surface area contributed by atoms with E-state index in [9.17, 15) is 0 Å². The number of rotatable bonds is 15. The van der Waals surface area contributed by atoms with E-state index < -0.39 is 0 Å². The Morgan fingerprint density at radius 3 is 1.95 bits per heavy atom. The summed E-state index contributed by atoms with van der Waals surface area (Å²) in [6, 6.07) is 40.2. The fraction of sp³-hybridized carbons (Fsp3) is 0.300. The van der Waals surface area contributed by atoms with E-state index in [4.69, 9.17) is 14.2 Å². The van der Waals surface area contributed by atoms with Crippen molar-refractivity contribution in [3.05, 3.63) is 121 Å². The number of para-hydroxylation sites is 1. The highest BCUT2D eigenvalue weighted by atomic mass is 16.7. The van der Waals surface area contributed by atoms with Crippen molar-refractivity contribution >= 4 is 10.8 Å². The third-order valence-corrected chi connectivity index (χ3v) is 8.02. The molecule has 0 aliphatic rings. The van der Waals surface area contributed by atoms with Gasteiger partial charge in [-0.05, 0) is 51.9 Å². The number of fused-ring (bicyclic) bond motifs is 1.